The second kappa shape index (κ2) is 9.31. The fraction of sp³-hybridized carbons (Fsp3) is 0.300. The first-order chi connectivity index (χ1) is 16.1. The van der Waals surface area contributed by atoms with Gasteiger partial charge in [0.15, 0.2) is 5.82 Å². The van der Waals surface area contributed by atoms with E-state index in [1.165, 1.54) is 12.1 Å². The van der Waals surface area contributed by atoms with Gasteiger partial charge in [-0.2, -0.15) is 41.3 Å². The zero-order valence-corrected chi connectivity index (χ0v) is 18.3. The fourth-order valence-electron chi connectivity index (χ4n) is 2.51. The maximum absolute atomic E-state index is 13.1. The van der Waals surface area contributed by atoms with E-state index in [-0.39, 0.29) is 17.3 Å². The maximum Gasteiger partial charge on any atom is 0.433 e. The summed E-state index contributed by atoms with van der Waals surface area (Å²) in [5, 5.41) is 4.70. The summed E-state index contributed by atoms with van der Waals surface area (Å²) in [6.45, 7) is 4.77. The van der Waals surface area contributed by atoms with Crippen LogP contribution < -0.4 is 10.6 Å². The first kappa shape index (κ1) is 25.6. The third-order valence-electron chi connectivity index (χ3n) is 3.82. The Labute approximate surface area is 194 Å². The SMILES string of the molecule is CC(C)(C)OC(=O)Nc1nc(Nc2ccnc(C(F)(F)F)c2)nc(-c2cccc(C(F)(F)F)n2)n1. The summed E-state index contributed by atoms with van der Waals surface area (Å²) in [4.78, 5) is 30.6. The van der Waals surface area contributed by atoms with Crippen LogP contribution in [0.1, 0.15) is 32.2 Å². The number of carbonyl (C=O) groups is 1. The molecule has 0 unspecified atom stereocenters. The van der Waals surface area contributed by atoms with Crippen LogP contribution in [-0.2, 0) is 17.1 Å². The highest BCUT2D eigenvalue weighted by atomic mass is 19.4. The van der Waals surface area contributed by atoms with Crippen molar-refractivity contribution >= 4 is 23.7 Å². The number of nitrogens with one attached hydrogen (secondary N) is 2. The summed E-state index contributed by atoms with van der Waals surface area (Å²) >= 11 is 0. The van der Waals surface area contributed by atoms with Crippen LogP contribution in [0.5, 0.6) is 0 Å². The van der Waals surface area contributed by atoms with E-state index < -0.39 is 47.2 Å². The highest BCUT2D eigenvalue weighted by molar-refractivity contribution is 5.83. The van der Waals surface area contributed by atoms with Crippen molar-refractivity contribution in [2.45, 2.75) is 38.7 Å². The average molecular weight is 501 g/mol. The van der Waals surface area contributed by atoms with Crippen molar-refractivity contribution < 1.29 is 35.9 Å². The highest BCUT2D eigenvalue weighted by Crippen LogP contribution is 2.31. The molecule has 0 atom stereocenters. The zero-order valence-electron chi connectivity index (χ0n) is 18.3. The van der Waals surface area contributed by atoms with E-state index in [1.807, 2.05) is 0 Å². The Hall–Kier alpha value is -4.04. The molecule has 0 aliphatic heterocycles. The van der Waals surface area contributed by atoms with Gasteiger partial charge in [-0.05, 0) is 45.0 Å². The molecule has 3 rings (SSSR count). The molecule has 3 aromatic heterocycles. The second-order valence-electron chi connectivity index (χ2n) is 7.89. The Balaban J connectivity index is 2.03. The molecule has 0 saturated heterocycles. The Bertz CT molecular complexity index is 1230. The molecule has 2 N–H and O–H groups in total. The van der Waals surface area contributed by atoms with Crippen LogP contribution >= 0.6 is 0 Å². The van der Waals surface area contributed by atoms with Crippen LogP contribution in [0.4, 0.5) is 48.7 Å². The van der Waals surface area contributed by atoms with Crippen LogP contribution in [0.25, 0.3) is 11.5 Å². The van der Waals surface area contributed by atoms with Gasteiger partial charge in [0.2, 0.25) is 11.9 Å². The van der Waals surface area contributed by atoms with E-state index >= 15 is 0 Å². The molecule has 0 radical (unpaired) electrons. The van der Waals surface area contributed by atoms with Gasteiger partial charge in [-0.25, -0.2) is 9.78 Å². The van der Waals surface area contributed by atoms with Crippen molar-refractivity contribution in [2.24, 2.45) is 0 Å². The van der Waals surface area contributed by atoms with Crippen LogP contribution in [-0.4, -0.2) is 36.6 Å². The molecular formula is C20H17F6N7O2. The molecule has 1 amide bonds. The monoisotopic (exact) mass is 501 g/mol. The number of anilines is 3. The quantitative estimate of drug-likeness (QED) is 0.453. The number of hydrogen-bond donors (Lipinski definition) is 2. The third-order valence-corrected chi connectivity index (χ3v) is 3.82. The predicted molar refractivity (Wildman–Crippen MR) is 110 cm³/mol. The molecule has 0 aromatic carbocycles. The highest BCUT2D eigenvalue weighted by Gasteiger charge is 2.33. The normalized spacial score (nSPS) is 12.3. The lowest BCUT2D eigenvalue weighted by atomic mass is 10.2. The number of carbonyl (C=O) groups excluding carboxylic acids is 1. The molecule has 0 aliphatic carbocycles. The topological polar surface area (TPSA) is 115 Å². The van der Waals surface area contributed by atoms with Crippen molar-refractivity contribution in [3.63, 3.8) is 0 Å². The molecule has 0 bridgehead atoms. The van der Waals surface area contributed by atoms with E-state index in [4.69, 9.17) is 4.74 Å². The van der Waals surface area contributed by atoms with E-state index in [0.717, 1.165) is 18.3 Å². The van der Waals surface area contributed by atoms with E-state index in [1.54, 1.807) is 20.8 Å². The number of nitrogens with zero attached hydrogens (tertiary/aromatic N) is 5. The lowest BCUT2D eigenvalue weighted by Crippen LogP contribution is -2.28. The lowest BCUT2D eigenvalue weighted by Gasteiger charge is -2.19. The first-order valence-corrected chi connectivity index (χ1v) is 9.71. The minimum Gasteiger partial charge on any atom is -0.444 e. The summed E-state index contributed by atoms with van der Waals surface area (Å²) in [5.41, 5.74) is -3.79. The molecule has 0 fully saturated rings. The van der Waals surface area contributed by atoms with E-state index in [9.17, 15) is 31.1 Å². The Morgan fingerprint density at radius 1 is 0.857 bits per heavy atom. The molecule has 9 nitrogen and oxygen atoms in total. The van der Waals surface area contributed by atoms with Crippen LogP contribution in [0.2, 0.25) is 0 Å². The smallest absolute Gasteiger partial charge is 0.433 e. The Morgan fingerprint density at radius 3 is 2.14 bits per heavy atom. The van der Waals surface area contributed by atoms with E-state index in [2.05, 4.69) is 35.6 Å². The Kier molecular flexibility index (Phi) is 6.80. The van der Waals surface area contributed by atoms with Crippen molar-refractivity contribution in [1.82, 2.24) is 24.9 Å². The van der Waals surface area contributed by atoms with Crippen molar-refractivity contribution in [1.29, 1.82) is 0 Å². The standard InChI is InChI=1S/C20H17F6N7O2/c1-18(2,3)35-17(34)33-16-31-14(11-5-4-6-12(29-11)19(21,22)23)30-15(32-16)28-10-7-8-27-13(9-10)20(24,25)26/h4-9H,1-3H3,(H2,27,28,30,31,32,33,34). The maximum atomic E-state index is 13.1. The number of alkyl halides is 6. The molecule has 186 valence electrons. The van der Waals surface area contributed by atoms with Gasteiger partial charge in [0.05, 0.1) is 0 Å². The molecule has 0 spiro atoms. The molecular weight excluding hydrogens is 484 g/mol. The minimum atomic E-state index is -4.76. The van der Waals surface area contributed by atoms with Crippen molar-refractivity contribution in [3.8, 4) is 11.5 Å². The molecule has 0 aliphatic rings. The number of aromatic nitrogens is 5. The first-order valence-electron chi connectivity index (χ1n) is 9.71. The van der Waals surface area contributed by atoms with Gasteiger partial charge in [-0.1, -0.05) is 6.07 Å². The van der Waals surface area contributed by atoms with Crippen LogP contribution in [0.15, 0.2) is 36.5 Å². The lowest BCUT2D eigenvalue weighted by molar-refractivity contribution is -0.141. The summed E-state index contributed by atoms with van der Waals surface area (Å²) < 4.78 is 83.3. The number of rotatable bonds is 4. The van der Waals surface area contributed by atoms with Gasteiger partial charge in [0, 0.05) is 11.9 Å². The van der Waals surface area contributed by atoms with Crippen LogP contribution in [0, 0.1) is 0 Å². The molecule has 15 heteroatoms. The van der Waals surface area contributed by atoms with Gasteiger partial charge < -0.3 is 10.1 Å². The number of amides is 1. The summed E-state index contributed by atoms with van der Waals surface area (Å²) in [6.07, 6.45) is -9.58. The van der Waals surface area contributed by atoms with Gasteiger partial charge >= 0.3 is 18.4 Å². The second-order valence-corrected chi connectivity index (χ2v) is 7.89. The minimum absolute atomic E-state index is 0.135. The summed E-state index contributed by atoms with van der Waals surface area (Å²) in [5.74, 6) is -1.24. The number of hydrogen-bond acceptors (Lipinski definition) is 8. The van der Waals surface area contributed by atoms with Crippen molar-refractivity contribution in [3.05, 3.63) is 47.9 Å². The van der Waals surface area contributed by atoms with E-state index in [0.29, 0.717) is 6.07 Å². The average Bonchev–Trinajstić information content (AvgIpc) is 2.71. The zero-order chi connectivity index (χ0) is 26.0. The van der Waals surface area contributed by atoms with Gasteiger partial charge in [0.1, 0.15) is 22.7 Å². The molecule has 3 aromatic rings. The summed E-state index contributed by atoms with van der Waals surface area (Å²) in [7, 11) is 0. The predicted octanol–water partition coefficient (Wildman–Crippen LogP) is 5.46. The number of halogens is 6. The molecule has 3 heterocycles. The van der Waals surface area contributed by atoms with Gasteiger partial charge in [-0.3, -0.25) is 10.3 Å². The Morgan fingerprint density at radius 2 is 1.51 bits per heavy atom. The largest absolute Gasteiger partial charge is 0.444 e. The summed E-state index contributed by atoms with van der Waals surface area (Å²) in [6, 6.07) is 4.84. The van der Waals surface area contributed by atoms with Gasteiger partial charge in [-0.15, -0.1) is 0 Å². The van der Waals surface area contributed by atoms with Crippen LogP contribution in [0.3, 0.4) is 0 Å². The molecule has 0 saturated carbocycles. The third kappa shape index (κ3) is 7.22. The number of ether oxygens (including phenoxy) is 1. The van der Waals surface area contributed by atoms with Crippen molar-refractivity contribution in [2.75, 3.05) is 10.6 Å². The fourth-order valence-corrected chi connectivity index (χ4v) is 2.51. The van der Waals surface area contributed by atoms with Gasteiger partial charge in [0.25, 0.3) is 0 Å². The molecule has 35 heavy (non-hydrogen) atoms. The number of pyridine rings is 2.